The maximum atomic E-state index is 12.4. The van der Waals surface area contributed by atoms with Gasteiger partial charge in [0.1, 0.15) is 11.6 Å². The molecule has 0 spiro atoms. The van der Waals surface area contributed by atoms with Crippen LogP contribution in [0.4, 0.5) is 13.2 Å². The highest BCUT2D eigenvalue weighted by Crippen LogP contribution is 2.59. The summed E-state index contributed by atoms with van der Waals surface area (Å²) in [5.41, 5.74) is 1.23. The van der Waals surface area contributed by atoms with E-state index in [4.69, 9.17) is 4.74 Å². The molecule has 6 nitrogen and oxygen atoms in total. The summed E-state index contributed by atoms with van der Waals surface area (Å²) in [6.45, 7) is 4.64. The molecular weight excluding hydrogens is 453 g/mol. The lowest BCUT2D eigenvalue weighted by molar-refractivity contribution is -0.274. The Labute approximate surface area is 195 Å². The van der Waals surface area contributed by atoms with Gasteiger partial charge in [-0.15, -0.1) is 23.4 Å². The summed E-state index contributed by atoms with van der Waals surface area (Å²) in [6.07, 6.45) is -0.461. The zero-order valence-corrected chi connectivity index (χ0v) is 19.5. The minimum atomic E-state index is -4.65. The molecule has 0 unspecified atom stereocenters. The zero-order valence-electron chi connectivity index (χ0n) is 18.7. The van der Waals surface area contributed by atoms with E-state index >= 15 is 0 Å². The smallest absolute Gasteiger partial charge is 0.406 e. The fraction of sp³-hybridized carbons (Fsp3) is 0.652. The van der Waals surface area contributed by atoms with Crippen LogP contribution in [0.3, 0.4) is 0 Å². The maximum Gasteiger partial charge on any atom is 0.573 e. The molecule has 5 rings (SSSR count). The molecule has 1 aromatic carbocycles. The third-order valence-corrected chi connectivity index (χ3v) is 8.29. The fourth-order valence-electron chi connectivity index (χ4n) is 5.41. The molecule has 3 aliphatic rings. The second-order valence-corrected chi connectivity index (χ2v) is 10.4. The van der Waals surface area contributed by atoms with Gasteiger partial charge in [0.25, 0.3) is 0 Å². The first-order valence-corrected chi connectivity index (χ1v) is 12.5. The van der Waals surface area contributed by atoms with Gasteiger partial charge in [0.05, 0.1) is 0 Å². The van der Waals surface area contributed by atoms with Crippen molar-refractivity contribution >= 4 is 11.8 Å². The van der Waals surface area contributed by atoms with Gasteiger partial charge in [-0.05, 0) is 55.8 Å². The second kappa shape index (κ2) is 9.11. The van der Waals surface area contributed by atoms with Gasteiger partial charge in [0.15, 0.2) is 5.16 Å². The SMILES string of the molecule is Cn1c(SCCCN2C[C@@H]3C[C@@]3(c3ccc(OC(F)(F)F)cc3)C2)nnc1C1CCOCC1. The summed E-state index contributed by atoms with van der Waals surface area (Å²) in [4.78, 5) is 2.49. The molecule has 2 atom stereocenters. The van der Waals surface area contributed by atoms with Crippen molar-refractivity contribution in [2.45, 2.75) is 48.5 Å². The first kappa shape index (κ1) is 23.0. The van der Waals surface area contributed by atoms with Crippen molar-refractivity contribution in [3.05, 3.63) is 35.7 Å². The number of fused-ring (bicyclic) bond motifs is 1. The predicted octanol–water partition coefficient (Wildman–Crippen LogP) is 4.36. The Bertz CT molecular complexity index is 962. The first-order chi connectivity index (χ1) is 15.8. The van der Waals surface area contributed by atoms with Gasteiger partial charge in [0, 0.05) is 50.4 Å². The predicted molar refractivity (Wildman–Crippen MR) is 118 cm³/mol. The third kappa shape index (κ3) is 5.02. The number of hydrogen-bond donors (Lipinski definition) is 0. The van der Waals surface area contributed by atoms with E-state index in [1.54, 1.807) is 23.9 Å². The van der Waals surface area contributed by atoms with Gasteiger partial charge >= 0.3 is 6.36 Å². The zero-order chi connectivity index (χ0) is 23.1. The Morgan fingerprint density at radius 2 is 1.94 bits per heavy atom. The van der Waals surface area contributed by atoms with Crippen LogP contribution >= 0.6 is 11.8 Å². The third-order valence-electron chi connectivity index (χ3n) is 7.18. The Balaban J connectivity index is 1.08. The van der Waals surface area contributed by atoms with Crippen LogP contribution in [0.1, 0.15) is 43.0 Å². The second-order valence-electron chi connectivity index (χ2n) is 9.35. The molecule has 2 aromatic rings. The van der Waals surface area contributed by atoms with E-state index in [-0.39, 0.29) is 11.2 Å². The lowest BCUT2D eigenvalue weighted by Crippen LogP contribution is -2.28. The lowest BCUT2D eigenvalue weighted by Gasteiger charge is -2.21. The molecule has 3 fully saturated rings. The number of alkyl halides is 3. The standard InChI is InChI=1S/C23H29F3N4O2S/c1-29-20(16-7-10-31-11-8-16)27-28-21(29)33-12-2-9-30-14-18-13-22(18,15-30)17-3-5-19(6-4-17)32-23(24,25)26/h3-6,16,18H,2,7-15H2,1H3/t18-,22-/m0/s1. The van der Waals surface area contributed by atoms with Crippen molar-refractivity contribution in [2.24, 2.45) is 13.0 Å². The first-order valence-electron chi connectivity index (χ1n) is 11.5. The molecule has 0 amide bonds. The topological polar surface area (TPSA) is 52.4 Å². The number of piperidine rings is 1. The number of hydrogen-bond acceptors (Lipinski definition) is 6. The Kier molecular flexibility index (Phi) is 6.35. The lowest BCUT2D eigenvalue weighted by atomic mass is 9.95. The number of ether oxygens (including phenoxy) is 2. The largest absolute Gasteiger partial charge is 0.573 e. The van der Waals surface area contributed by atoms with Crippen LogP contribution < -0.4 is 4.74 Å². The van der Waals surface area contributed by atoms with Gasteiger partial charge in [-0.25, -0.2) is 0 Å². The van der Waals surface area contributed by atoms with E-state index in [1.807, 2.05) is 0 Å². The minimum absolute atomic E-state index is 0.103. The number of nitrogens with zero attached hydrogens (tertiary/aromatic N) is 4. The minimum Gasteiger partial charge on any atom is -0.406 e. The Morgan fingerprint density at radius 1 is 1.18 bits per heavy atom. The molecular formula is C23H29F3N4O2S. The van der Waals surface area contributed by atoms with Crippen molar-refractivity contribution < 1.29 is 22.6 Å². The molecule has 2 saturated heterocycles. The number of benzene rings is 1. The summed E-state index contributed by atoms with van der Waals surface area (Å²) in [6, 6.07) is 6.46. The van der Waals surface area contributed by atoms with Crippen molar-refractivity contribution in [1.29, 1.82) is 0 Å². The molecule has 1 saturated carbocycles. The summed E-state index contributed by atoms with van der Waals surface area (Å²) in [7, 11) is 2.05. The molecule has 0 radical (unpaired) electrons. The number of halogens is 3. The number of rotatable bonds is 8. The maximum absolute atomic E-state index is 12.4. The molecule has 10 heteroatoms. The van der Waals surface area contributed by atoms with Crippen molar-refractivity contribution in [3.8, 4) is 5.75 Å². The van der Waals surface area contributed by atoms with E-state index in [2.05, 4.69) is 31.4 Å². The Morgan fingerprint density at radius 3 is 2.67 bits per heavy atom. The van der Waals surface area contributed by atoms with E-state index in [1.165, 1.54) is 12.1 Å². The van der Waals surface area contributed by atoms with Crippen LogP contribution in [-0.4, -0.2) is 64.6 Å². The van der Waals surface area contributed by atoms with Crippen LogP contribution in [0.5, 0.6) is 5.75 Å². The van der Waals surface area contributed by atoms with Crippen LogP contribution in [0.15, 0.2) is 29.4 Å². The Hall–Kier alpha value is -1.78. The molecule has 2 aliphatic heterocycles. The summed E-state index contributed by atoms with van der Waals surface area (Å²) in [5, 5.41) is 9.81. The molecule has 1 aliphatic carbocycles. The van der Waals surface area contributed by atoms with Gasteiger partial charge < -0.3 is 18.9 Å². The number of thioether (sulfide) groups is 1. The summed E-state index contributed by atoms with van der Waals surface area (Å²) < 4.78 is 48.8. The molecule has 3 heterocycles. The number of aromatic nitrogens is 3. The van der Waals surface area contributed by atoms with Crippen LogP contribution in [0.25, 0.3) is 0 Å². The summed E-state index contributed by atoms with van der Waals surface area (Å²) in [5.74, 6) is 2.93. The van der Waals surface area contributed by atoms with Crippen molar-refractivity contribution in [1.82, 2.24) is 19.7 Å². The molecule has 1 aromatic heterocycles. The molecule has 0 N–H and O–H groups in total. The normalized spacial score (nSPS) is 25.9. The molecule has 0 bridgehead atoms. The molecule has 33 heavy (non-hydrogen) atoms. The van der Waals surface area contributed by atoms with Gasteiger partial charge in [-0.3, -0.25) is 0 Å². The highest BCUT2D eigenvalue weighted by Gasteiger charge is 2.60. The van der Waals surface area contributed by atoms with E-state index in [9.17, 15) is 13.2 Å². The fourth-order valence-corrected chi connectivity index (χ4v) is 6.25. The van der Waals surface area contributed by atoms with Crippen LogP contribution in [0, 0.1) is 5.92 Å². The highest BCUT2D eigenvalue weighted by molar-refractivity contribution is 7.99. The average molecular weight is 483 g/mol. The molecule has 180 valence electrons. The average Bonchev–Trinajstić information content (AvgIpc) is 3.16. The van der Waals surface area contributed by atoms with Crippen LogP contribution in [-0.2, 0) is 17.2 Å². The summed E-state index contributed by atoms with van der Waals surface area (Å²) >= 11 is 1.75. The van der Waals surface area contributed by atoms with Crippen LogP contribution in [0.2, 0.25) is 0 Å². The van der Waals surface area contributed by atoms with Gasteiger partial charge in [-0.2, -0.15) is 0 Å². The quantitative estimate of drug-likeness (QED) is 0.412. The monoisotopic (exact) mass is 482 g/mol. The van der Waals surface area contributed by atoms with Gasteiger partial charge in [0.2, 0.25) is 0 Å². The van der Waals surface area contributed by atoms with Gasteiger partial charge in [-0.1, -0.05) is 23.9 Å². The van der Waals surface area contributed by atoms with E-state index in [0.717, 1.165) is 80.8 Å². The number of likely N-dealkylation sites (tertiary alicyclic amines) is 1. The van der Waals surface area contributed by atoms with Crippen molar-refractivity contribution in [2.75, 3.05) is 38.6 Å². The van der Waals surface area contributed by atoms with E-state index < -0.39 is 6.36 Å². The van der Waals surface area contributed by atoms with Crippen molar-refractivity contribution in [3.63, 3.8) is 0 Å². The highest BCUT2D eigenvalue weighted by atomic mass is 32.2. The van der Waals surface area contributed by atoms with E-state index in [0.29, 0.717) is 11.8 Å².